The Morgan fingerprint density at radius 3 is 2.42 bits per heavy atom. The van der Waals surface area contributed by atoms with Crippen LogP contribution in [0.1, 0.15) is 41.5 Å². The van der Waals surface area contributed by atoms with Gasteiger partial charge in [-0.1, -0.05) is 13.8 Å². The van der Waals surface area contributed by atoms with Crippen molar-refractivity contribution in [2.75, 3.05) is 19.6 Å². The minimum absolute atomic E-state index is 0.114. The fraction of sp³-hybridized carbons (Fsp3) is 0.929. The van der Waals surface area contributed by atoms with Crippen LogP contribution in [0.5, 0.6) is 0 Å². The highest BCUT2D eigenvalue weighted by Gasteiger charge is 2.39. The maximum absolute atomic E-state index is 12.1. The SMILES string of the molecule is CC(C)C(C)(O)C1CN(C(=O)OC(C)(C)C)CCN1. The molecule has 1 aliphatic heterocycles. The van der Waals surface area contributed by atoms with Gasteiger partial charge in [-0.3, -0.25) is 0 Å². The van der Waals surface area contributed by atoms with E-state index in [-0.39, 0.29) is 18.1 Å². The Hall–Kier alpha value is -0.810. The summed E-state index contributed by atoms with van der Waals surface area (Å²) in [6.45, 7) is 13.1. The molecule has 5 nitrogen and oxygen atoms in total. The molecular weight excluding hydrogens is 244 g/mol. The number of nitrogens with zero attached hydrogens (tertiary/aromatic N) is 1. The van der Waals surface area contributed by atoms with E-state index in [0.29, 0.717) is 19.6 Å². The molecule has 5 heteroatoms. The highest BCUT2D eigenvalue weighted by molar-refractivity contribution is 5.68. The van der Waals surface area contributed by atoms with Crippen LogP contribution in [0.4, 0.5) is 4.79 Å². The van der Waals surface area contributed by atoms with Crippen LogP contribution in [0.25, 0.3) is 0 Å². The molecule has 0 spiro atoms. The van der Waals surface area contributed by atoms with Crippen molar-refractivity contribution in [1.82, 2.24) is 10.2 Å². The van der Waals surface area contributed by atoms with E-state index in [1.54, 1.807) is 4.90 Å². The van der Waals surface area contributed by atoms with Gasteiger partial charge in [0.2, 0.25) is 0 Å². The number of carbonyl (C=O) groups excluding carboxylic acids is 1. The molecule has 112 valence electrons. The van der Waals surface area contributed by atoms with Gasteiger partial charge in [0.05, 0.1) is 11.6 Å². The summed E-state index contributed by atoms with van der Waals surface area (Å²) in [6, 6.07) is -0.131. The van der Waals surface area contributed by atoms with E-state index in [0.717, 1.165) is 0 Å². The molecule has 0 radical (unpaired) electrons. The molecule has 1 heterocycles. The van der Waals surface area contributed by atoms with E-state index >= 15 is 0 Å². The van der Waals surface area contributed by atoms with Crippen molar-refractivity contribution in [3.05, 3.63) is 0 Å². The molecule has 0 aromatic carbocycles. The van der Waals surface area contributed by atoms with Crippen molar-refractivity contribution in [3.8, 4) is 0 Å². The molecule has 2 atom stereocenters. The van der Waals surface area contributed by atoms with Crippen molar-refractivity contribution < 1.29 is 14.6 Å². The van der Waals surface area contributed by atoms with Crippen LogP contribution in [0.3, 0.4) is 0 Å². The molecule has 0 bridgehead atoms. The number of aliphatic hydroxyl groups is 1. The normalized spacial score (nSPS) is 24.2. The van der Waals surface area contributed by atoms with E-state index in [2.05, 4.69) is 5.32 Å². The minimum atomic E-state index is -0.847. The van der Waals surface area contributed by atoms with Crippen LogP contribution in [0, 0.1) is 5.92 Å². The summed E-state index contributed by atoms with van der Waals surface area (Å²) in [5, 5.41) is 13.8. The average molecular weight is 272 g/mol. The van der Waals surface area contributed by atoms with E-state index in [4.69, 9.17) is 4.74 Å². The molecule has 1 fully saturated rings. The number of hydrogen-bond acceptors (Lipinski definition) is 4. The van der Waals surface area contributed by atoms with E-state index < -0.39 is 11.2 Å². The maximum Gasteiger partial charge on any atom is 0.410 e. The fourth-order valence-corrected chi connectivity index (χ4v) is 2.04. The Kier molecular flexibility index (Phi) is 4.85. The van der Waals surface area contributed by atoms with Crippen molar-refractivity contribution in [3.63, 3.8) is 0 Å². The monoisotopic (exact) mass is 272 g/mol. The molecule has 0 saturated carbocycles. The van der Waals surface area contributed by atoms with Gasteiger partial charge in [-0.05, 0) is 33.6 Å². The third-order valence-corrected chi connectivity index (χ3v) is 3.70. The quantitative estimate of drug-likeness (QED) is 0.801. The number of amides is 1. The first-order chi connectivity index (χ1) is 8.54. The first-order valence-electron chi connectivity index (χ1n) is 6.97. The van der Waals surface area contributed by atoms with Crippen LogP contribution in [0.2, 0.25) is 0 Å². The lowest BCUT2D eigenvalue weighted by Gasteiger charge is -2.43. The Morgan fingerprint density at radius 2 is 1.95 bits per heavy atom. The number of rotatable bonds is 2. The van der Waals surface area contributed by atoms with Crippen LogP contribution < -0.4 is 5.32 Å². The summed E-state index contributed by atoms with van der Waals surface area (Å²) in [7, 11) is 0. The van der Waals surface area contributed by atoms with Crippen LogP contribution in [-0.4, -0.2) is 53.0 Å². The molecule has 19 heavy (non-hydrogen) atoms. The molecular formula is C14H28N2O3. The lowest BCUT2D eigenvalue weighted by atomic mass is 9.84. The van der Waals surface area contributed by atoms with Gasteiger partial charge in [0.1, 0.15) is 5.60 Å². The van der Waals surface area contributed by atoms with Gasteiger partial charge >= 0.3 is 6.09 Å². The van der Waals surface area contributed by atoms with E-state index in [1.807, 2.05) is 41.5 Å². The molecule has 0 aromatic rings. The molecule has 0 aromatic heterocycles. The fourth-order valence-electron chi connectivity index (χ4n) is 2.04. The molecule has 1 amide bonds. The number of nitrogens with one attached hydrogen (secondary N) is 1. The summed E-state index contributed by atoms with van der Waals surface area (Å²) < 4.78 is 5.38. The Bertz CT molecular complexity index is 321. The second-order valence-electron chi connectivity index (χ2n) is 6.81. The van der Waals surface area contributed by atoms with Gasteiger partial charge in [0.15, 0.2) is 0 Å². The third-order valence-electron chi connectivity index (χ3n) is 3.70. The minimum Gasteiger partial charge on any atom is -0.444 e. The summed E-state index contributed by atoms with van der Waals surface area (Å²) in [6.07, 6.45) is -0.307. The van der Waals surface area contributed by atoms with Crippen LogP contribution in [-0.2, 0) is 4.74 Å². The number of piperazine rings is 1. The molecule has 1 saturated heterocycles. The lowest BCUT2D eigenvalue weighted by Crippen LogP contribution is -2.63. The predicted octanol–water partition coefficient (Wildman–Crippen LogP) is 1.60. The third kappa shape index (κ3) is 4.35. The van der Waals surface area contributed by atoms with Gasteiger partial charge in [0.25, 0.3) is 0 Å². The van der Waals surface area contributed by atoms with Crippen LogP contribution in [0.15, 0.2) is 0 Å². The zero-order valence-corrected chi connectivity index (χ0v) is 13.0. The predicted molar refractivity (Wildman–Crippen MR) is 75.1 cm³/mol. The first-order valence-corrected chi connectivity index (χ1v) is 6.97. The number of carbonyl (C=O) groups is 1. The zero-order chi connectivity index (χ0) is 14.8. The second kappa shape index (κ2) is 5.67. The average Bonchev–Trinajstić information content (AvgIpc) is 2.26. The van der Waals surface area contributed by atoms with Gasteiger partial charge < -0.3 is 20.1 Å². The van der Waals surface area contributed by atoms with Crippen LogP contribution >= 0.6 is 0 Å². The largest absolute Gasteiger partial charge is 0.444 e. The smallest absolute Gasteiger partial charge is 0.410 e. The standard InChI is InChI=1S/C14H28N2O3/c1-10(2)14(6,18)11-9-16(8-7-15-11)12(17)19-13(3,4)5/h10-11,15,18H,7-9H2,1-6H3. The summed E-state index contributed by atoms with van der Waals surface area (Å²) >= 11 is 0. The van der Waals surface area contributed by atoms with E-state index in [1.165, 1.54) is 0 Å². The summed E-state index contributed by atoms with van der Waals surface area (Å²) in [5.41, 5.74) is -1.33. The second-order valence-corrected chi connectivity index (χ2v) is 6.81. The van der Waals surface area contributed by atoms with Crippen molar-refractivity contribution in [2.45, 2.75) is 58.8 Å². The Balaban J connectivity index is 2.67. The van der Waals surface area contributed by atoms with E-state index in [9.17, 15) is 9.90 Å². The topological polar surface area (TPSA) is 61.8 Å². The number of ether oxygens (including phenoxy) is 1. The molecule has 2 unspecified atom stereocenters. The molecule has 0 aliphatic carbocycles. The first kappa shape index (κ1) is 16.2. The maximum atomic E-state index is 12.1. The zero-order valence-electron chi connectivity index (χ0n) is 13.0. The van der Waals surface area contributed by atoms with Gasteiger partial charge in [-0.15, -0.1) is 0 Å². The molecule has 2 N–H and O–H groups in total. The number of hydrogen-bond donors (Lipinski definition) is 2. The van der Waals surface area contributed by atoms with Crippen molar-refractivity contribution in [1.29, 1.82) is 0 Å². The highest BCUT2D eigenvalue weighted by Crippen LogP contribution is 2.23. The van der Waals surface area contributed by atoms with Gasteiger partial charge in [0, 0.05) is 19.6 Å². The van der Waals surface area contributed by atoms with Crippen molar-refractivity contribution in [2.24, 2.45) is 5.92 Å². The summed E-state index contributed by atoms with van der Waals surface area (Å²) in [4.78, 5) is 13.7. The van der Waals surface area contributed by atoms with Gasteiger partial charge in [-0.25, -0.2) is 4.79 Å². The summed E-state index contributed by atoms with van der Waals surface area (Å²) in [5.74, 6) is 0.114. The molecule has 1 rings (SSSR count). The Morgan fingerprint density at radius 1 is 1.37 bits per heavy atom. The molecule has 1 aliphatic rings. The van der Waals surface area contributed by atoms with Gasteiger partial charge in [-0.2, -0.15) is 0 Å². The Labute approximate surface area is 116 Å². The highest BCUT2D eigenvalue weighted by atomic mass is 16.6. The van der Waals surface area contributed by atoms with Crippen molar-refractivity contribution >= 4 is 6.09 Å². The lowest BCUT2D eigenvalue weighted by molar-refractivity contribution is -0.0453.